The van der Waals surface area contributed by atoms with E-state index < -0.39 is 12.0 Å². The van der Waals surface area contributed by atoms with Crippen molar-refractivity contribution in [2.45, 2.75) is 44.6 Å². The first-order chi connectivity index (χ1) is 9.58. The van der Waals surface area contributed by atoms with Crippen molar-refractivity contribution in [1.82, 2.24) is 5.32 Å². The summed E-state index contributed by atoms with van der Waals surface area (Å²) in [4.78, 5) is 23.6. The van der Waals surface area contributed by atoms with Crippen molar-refractivity contribution in [1.29, 1.82) is 0 Å². The molecule has 1 amide bonds. The molecule has 5 heteroatoms. The number of nitrogens with one attached hydrogen (secondary N) is 1. The standard InChI is InChI=1S/C15H23NO4/c17-2-1-12(15(19)20)16-14(18)13-10-4-8-3-9(6-10)7-11(13)5-8/h8-13,17H,1-7H2,(H,16,18)(H,19,20)/t8?,9?,10?,11?,12-,13?/m1/s1. The number of carbonyl (C=O) groups is 2. The van der Waals surface area contributed by atoms with Crippen molar-refractivity contribution in [3.63, 3.8) is 0 Å². The maximum atomic E-state index is 12.5. The van der Waals surface area contributed by atoms with Gasteiger partial charge in [-0.15, -0.1) is 0 Å². The molecule has 4 saturated carbocycles. The summed E-state index contributed by atoms with van der Waals surface area (Å²) in [5.74, 6) is 1.35. The zero-order valence-electron chi connectivity index (χ0n) is 11.6. The Balaban J connectivity index is 1.66. The number of rotatable bonds is 5. The van der Waals surface area contributed by atoms with Gasteiger partial charge < -0.3 is 15.5 Å². The van der Waals surface area contributed by atoms with Gasteiger partial charge in [0, 0.05) is 18.9 Å². The second-order valence-corrected chi connectivity index (χ2v) is 6.87. The van der Waals surface area contributed by atoms with E-state index in [1.54, 1.807) is 0 Å². The molecule has 3 N–H and O–H groups in total. The molecule has 4 aliphatic carbocycles. The quantitative estimate of drug-likeness (QED) is 0.702. The lowest BCUT2D eigenvalue weighted by molar-refractivity contribution is -0.147. The number of hydrogen-bond acceptors (Lipinski definition) is 3. The van der Waals surface area contributed by atoms with Crippen molar-refractivity contribution in [2.75, 3.05) is 6.61 Å². The van der Waals surface area contributed by atoms with Crippen LogP contribution in [0, 0.1) is 29.6 Å². The van der Waals surface area contributed by atoms with Gasteiger partial charge >= 0.3 is 5.97 Å². The number of hydrogen-bond donors (Lipinski definition) is 3. The highest BCUT2D eigenvalue weighted by molar-refractivity contribution is 5.85. The summed E-state index contributed by atoms with van der Waals surface area (Å²) in [6.45, 7) is -0.223. The first kappa shape index (κ1) is 13.9. The Morgan fingerprint density at radius 1 is 1.05 bits per heavy atom. The Labute approximate surface area is 118 Å². The fourth-order valence-electron chi connectivity index (χ4n) is 5.01. The first-order valence-electron chi connectivity index (χ1n) is 7.72. The van der Waals surface area contributed by atoms with Crippen molar-refractivity contribution in [3.05, 3.63) is 0 Å². The van der Waals surface area contributed by atoms with E-state index in [1.165, 1.54) is 6.42 Å². The normalized spacial score (nSPS) is 39.5. The largest absolute Gasteiger partial charge is 0.480 e. The maximum Gasteiger partial charge on any atom is 0.326 e. The van der Waals surface area contributed by atoms with Crippen LogP contribution in [0.25, 0.3) is 0 Å². The molecule has 4 rings (SSSR count). The minimum atomic E-state index is -1.06. The maximum absolute atomic E-state index is 12.5. The van der Waals surface area contributed by atoms with Crippen LogP contribution >= 0.6 is 0 Å². The van der Waals surface area contributed by atoms with E-state index in [0.29, 0.717) is 11.8 Å². The third kappa shape index (κ3) is 2.43. The molecule has 0 heterocycles. The van der Waals surface area contributed by atoms with E-state index in [-0.39, 0.29) is 24.9 Å². The van der Waals surface area contributed by atoms with Gasteiger partial charge in [-0.25, -0.2) is 4.79 Å². The van der Waals surface area contributed by atoms with Crippen LogP contribution in [0.15, 0.2) is 0 Å². The zero-order valence-corrected chi connectivity index (χ0v) is 11.6. The van der Waals surface area contributed by atoms with E-state index in [0.717, 1.165) is 37.5 Å². The highest BCUT2D eigenvalue weighted by Gasteiger charge is 2.51. The van der Waals surface area contributed by atoms with Crippen molar-refractivity contribution < 1.29 is 19.8 Å². The molecule has 1 atom stereocenters. The number of carbonyl (C=O) groups excluding carboxylic acids is 1. The van der Waals surface area contributed by atoms with Gasteiger partial charge in [-0.05, 0) is 55.8 Å². The molecule has 0 radical (unpaired) electrons. The van der Waals surface area contributed by atoms with E-state index in [1.807, 2.05) is 0 Å². The average molecular weight is 281 g/mol. The summed E-state index contributed by atoms with van der Waals surface area (Å²) in [5.41, 5.74) is 0. The van der Waals surface area contributed by atoms with E-state index in [2.05, 4.69) is 5.32 Å². The molecule has 0 aromatic heterocycles. The lowest BCUT2D eigenvalue weighted by Gasteiger charge is -2.53. The van der Waals surface area contributed by atoms with Crippen LogP contribution in [0.5, 0.6) is 0 Å². The van der Waals surface area contributed by atoms with Gasteiger partial charge in [0.2, 0.25) is 5.91 Å². The van der Waals surface area contributed by atoms with Gasteiger partial charge in [0.15, 0.2) is 0 Å². The second-order valence-electron chi connectivity index (χ2n) is 6.87. The molecule has 4 bridgehead atoms. The molecule has 5 nitrogen and oxygen atoms in total. The highest BCUT2D eigenvalue weighted by atomic mass is 16.4. The van der Waals surface area contributed by atoms with Gasteiger partial charge in [0.25, 0.3) is 0 Å². The molecule has 0 saturated heterocycles. The van der Waals surface area contributed by atoms with Crippen LogP contribution < -0.4 is 5.32 Å². The zero-order chi connectivity index (χ0) is 14.3. The van der Waals surface area contributed by atoms with Gasteiger partial charge in [0.05, 0.1) is 0 Å². The molecule has 20 heavy (non-hydrogen) atoms. The van der Waals surface area contributed by atoms with Gasteiger partial charge in [0.1, 0.15) is 6.04 Å². The molecule has 112 valence electrons. The van der Waals surface area contributed by atoms with Crippen LogP contribution in [-0.4, -0.2) is 34.7 Å². The van der Waals surface area contributed by atoms with E-state index in [4.69, 9.17) is 10.2 Å². The third-order valence-corrected chi connectivity index (χ3v) is 5.56. The lowest BCUT2D eigenvalue weighted by Crippen LogP contribution is -2.53. The van der Waals surface area contributed by atoms with E-state index in [9.17, 15) is 9.59 Å². The van der Waals surface area contributed by atoms with Crippen LogP contribution in [0.2, 0.25) is 0 Å². The summed E-state index contributed by atoms with van der Waals surface area (Å²) in [5, 5.41) is 20.6. The van der Waals surface area contributed by atoms with Crippen LogP contribution in [0.3, 0.4) is 0 Å². The molecular weight excluding hydrogens is 258 g/mol. The summed E-state index contributed by atoms with van der Waals surface area (Å²) in [6, 6.07) is -0.954. The minimum absolute atomic E-state index is 0.00310. The minimum Gasteiger partial charge on any atom is -0.480 e. The Hall–Kier alpha value is -1.10. The topological polar surface area (TPSA) is 86.6 Å². The second kappa shape index (κ2) is 5.35. The Kier molecular flexibility index (Phi) is 3.71. The molecule has 0 aromatic rings. The SMILES string of the molecule is O=C(N[C@H](CCO)C(=O)O)C1C2CC3CC(C2)CC1C3. The van der Waals surface area contributed by atoms with Crippen molar-refractivity contribution in [3.8, 4) is 0 Å². The highest BCUT2D eigenvalue weighted by Crippen LogP contribution is 2.56. The molecule has 0 spiro atoms. The number of amides is 1. The fraction of sp³-hybridized carbons (Fsp3) is 0.867. The number of aliphatic carboxylic acids is 1. The molecule has 0 aliphatic heterocycles. The smallest absolute Gasteiger partial charge is 0.326 e. The number of carboxylic acids is 1. The Morgan fingerprint density at radius 2 is 1.60 bits per heavy atom. The number of aliphatic hydroxyl groups excluding tert-OH is 1. The monoisotopic (exact) mass is 281 g/mol. The summed E-state index contributed by atoms with van der Waals surface area (Å²) < 4.78 is 0. The van der Waals surface area contributed by atoms with Gasteiger partial charge in [-0.1, -0.05) is 0 Å². The third-order valence-electron chi connectivity index (χ3n) is 5.56. The predicted molar refractivity (Wildman–Crippen MR) is 71.8 cm³/mol. The Morgan fingerprint density at radius 3 is 2.05 bits per heavy atom. The molecule has 4 fully saturated rings. The summed E-state index contributed by atoms with van der Waals surface area (Å²) >= 11 is 0. The molecule has 0 aromatic carbocycles. The number of carboxylic acid groups (broad SMARTS) is 1. The molecular formula is C15H23NO4. The van der Waals surface area contributed by atoms with Crippen LogP contribution in [0.1, 0.15) is 38.5 Å². The van der Waals surface area contributed by atoms with Gasteiger partial charge in [-0.2, -0.15) is 0 Å². The van der Waals surface area contributed by atoms with Crippen molar-refractivity contribution in [2.24, 2.45) is 29.6 Å². The molecule has 4 aliphatic rings. The van der Waals surface area contributed by atoms with E-state index >= 15 is 0 Å². The average Bonchev–Trinajstić information content (AvgIpc) is 2.36. The summed E-state index contributed by atoms with van der Waals surface area (Å²) in [7, 11) is 0. The number of aliphatic hydroxyl groups is 1. The summed E-state index contributed by atoms with van der Waals surface area (Å²) in [6.07, 6.45) is 5.98. The predicted octanol–water partition coefficient (Wildman–Crippen LogP) is 1.01. The van der Waals surface area contributed by atoms with Crippen molar-refractivity contribution >= 4 is 11.9 Å². The van der Waals surface area contributed by atoms with Crippen LogP contribution in [0.4, 0.5) is 0 Å². The van der Waals surface area contributed by atoms with Gasteiger partial charge in [-0.3, -0.25) is 4.79 Å². The first-order valence-corrected chi connectivity index (χ1v) is 7.72. The molecule has 0 unspecified atom stereocenters. The lowest BCUT2D eigenvalue weighted by atomic mass is 9.51. The fourth-order valence-corrected chi connectivity index (χ4v) is 5.01. The van der Waals surface area contributed by atoms with Crippen LogP contribution in [-0.2, 0) is 9.59 Å². The Bertz CT molecular complexity index is 381.